The fraction of sp³-hybridized carbons (Fsp3) is 0.474. The van der Waals surface area contributed by atoms with Gasteiger partial charge in [0.1, 0.15) is 10.2 Å². The third-order valence-corrected chi connectivity index (χ3v) is 4.79. The van der Waals surface area contributed by atoms with Crippen molar-refractivity contribution in [2.45, 2.75) is 33.6 Å². The number of allylic oxidation sites excluding steroid dienone is 1. The van der Waals surface area contributed by atoms with E-state index in [0.717, 1.165) is 30.8 Å². The number of halogens is 2. The number of carbonyl (C=O) groups excluding carboxylic acids is 1. The van der Waals surface area contributed by atoms with Crippen molar-refractivity contribution in [3.8, 4) is 5.75 Å². The summed E-state index contributed by atoms with van der Waals surface area (Å²) >= 11 is 11.4. The van der Waals surface area contributed by atoms with E-state index in [0.29, 0.717) is 0 Å². The first-order valence-electron chi connectivity index (χ1n) is 8.45. The van der Waals surface area contributed by atoms with E-state index in [4.69, 9.17) is 27.9 Å². The number of hydrogen-bond donors (Lipinski definition) is 1. The van der Waals surface area contributed by atoms with Crippen LogP contribution in [0.2, 0.25) is 0 Å². The van der Waals surface area contributed by atoms with Crippen molar-refractivity contribution in [1.82, 2.24) is 5.43 Å². The van der Waals surface area contributed by atoms with E-state index in [-0.39, 0.29) is 27.6 Å². The van der Waals surface area contributed by atoms with Crippen molar-refractivity contribution < 1.29 is 9.53 Å². The number of amides is 1. The molecule has 1 aliphatic carbocycles. The second kappa shape index (κ2) is 8.72. The molecule has 2 rings (SSSR count). The summed E-state index contributed by atoms with van der Waals surface area (Å²) in [5, 5.41) is 4.04. The minimum Gasteiger partial charge on any atom is -0.494 e. The summed E-state index contributed by atoms with van der Waals surface area (Å²) in [6.07, 6.45) is 5.48. The van der Waals surface area contributed by atoms with E-state index < -0.39 is 0 Å². The van der Waals surface area contributed by atoms with Crippen LogP contribution in [0.5, 0.6) is 5.75 Å². The molecule has 1 N–H and O–H groups in total. The Bertz CT molecular complexity index is 650. The minimum atomic E-state index is -0.175. The van der Waals surface area contributed by atoms with Crippen LogP contribution in [0.25, 0.3) is 0 Å². The topological polar surface area (TPSA) is 50.7 Å². The molecule has 0 heterocycles. The van der Waals surface area contributed by atoms with E-state index in [1.165, 1.54) is 0 Å². The number of benzene rings is 1. The number of hydrogen-bond acceptors (Lipinski definition) is 3. The predicted molar refractivity (Wildman–Crippen MR) is 103 cm³/mol. The number of unbranched alkanes of at least 4 members (excludes halogenated alkanes) is 1. The lowest BCUT2D eigenvalue weighted by atomic mass is 10.1. The Balaban J connectivity index is 1.85. The molecule has 136 valence electrons. The largest absolute Gasteiger partial charge is 0.494 e. The van der Waals surface area contributed by atoms with E-state index in [2.05, 4.69) is 17.5 Å². The molecule has 4 nitrogen and oxygen atoms in total. The Labute approximate surface area is 159 Å². The minimum absolute atomic E-state index is 0.0345. The van der Waals surface area contributed by atoms with Crippen molar-refractivity contribution in [1.29, 1.82) is 0 Å². The third kappa shape index (κ3) is 5.48. The first-order chi connectivity index (χ1) is 11.9. The van der Waals surface area contributed by atoms with E-state index in [1.807, 2.05) is 38.1 Å². The molecule has 0 radical (unpaired) electrons. The zero-order valence-electron chi connectivity index (χ0n) is 14.8. The van der Waals surface area contributed by atoms with Gasteiger partial charge >= 0.3 is 0 Å². The smallest absolute Gasteiger partial charge is 0.244 e. The molecule has 1 saturated carbocycles. The van der Waals surface area contributed by atoms with Crippen LogP contribution in [0.15, 0.2) is 39.9 Å². The molecule has 0 bridgehead atoms. The molecule has 1 aromatic carbocycles. The second-order valence-corrected chi connectivity index (χ2v) is 7.79. The van der Waals surface area contributed by atoms with Gasteiger partial charge in [-0.25, -0.2) is 5.43 Å². The Kier molecular flexibility index (Phi) is 6.91. The van der Waals surface area contributed by atoms with E-state index >= 15 is 0 Å². The SMILES string of the molecule is CCCCOc1ccc(/C=N\NC(=O)[C@H]2[C@@H](C=C(Cl)Cl)C2(C)C)cc1. The maximum absolute atomic E-state index is 12.2. The van der Waals surface area contributed by atoms with Gasteiger partial charge in [-0.1, -0.05) is 50.4 Å². The lowest BCUT2D eigenvalue weighted by Crippen LogP contribution is -2.21. The van der Waals surface area contributed by atoms with Gasteiger partial charge in [-0.2, -0.15) is 5.10 Å². The van der Waals surface area contributed by atoms with Crippen LogP contribution in [0, 0.1) is 17.3 Å². The maximum atomic E-state index is 12.2. The van der Waals surface area contributed by atoms with Crippen LogP contribution in [-0.2, 0) is 4.79 Å². The van der Waals surface area contributed by atoms with Crippen molar-refractivity contribution in [2.75, 3.05) is 6.61 Å². The number of hydrazone groups is 1. The lowest BCUT2D eigenvalue weighted by Gasteiger charge is -2.05. The Morgan fingerprint density at radius 2 is 2.00 bits per heavy atom. The van der Waals surface area contributed by atoms with Crippen LogP contribution in [0.3, 0.4) is 0 Å². The second-order valence-electron chi connectivity index (χ2n) is 6.79. The zero-order valence-corrected chi connectivity index (χ0v) is 16.3. The summed E-state index contributed by atoms with van der Waals surface area (Å²) < 4.78 is 5.80. The molecule has 0 spiro atoms. The third-order valence-electron chi connectivity index (χ3n) is 4.53. The molecule has 1 fully saturated rings. The number of nitrogens with one attached hydrogen (secondary N) is 1. The quantitative estimate of drug-likeness (QED) is 0.394. The van der Waals surface area contributed by atoms with Crippen molar-refractivity contribution in [3.05, 3.63) is 40.4 Å². The summed E-state index contributed by atoms with van der Waals surface area (Å²) in [6, 6.07) is 7.59. The van der Waals surface area contributed by atoms with Crippen molar-refractivity contribution in [2.24, 2.45) is 22.4 Å². The van der Waals surface area contributed by atoms with E-state index in [9.17, 15) is 4.79 Å². The van der Waals surface area contributed by atoms with Gasteiger partial charge in [-0.05, 0) is 53.7 Å². The lowest BCUT2D eigenvalue weighted by molar-refractivity contribution is -0.123. The van der Waals surface area contributed by atoms with Crippen molar-refractivity contribution in [3.63, 3.8) is 0 Å². The van der Waals surface area contributed by atoms with Gasteiger partial charge < -0.3 is 4.74 Å². The number of rotatable bonds is 8. The molecular formula is C19H24Cl2N2O2. The number of carbonyl (C=O) groups is 1. The van der Waals surface area contributed by atoms with Gasteiger partial charge in [0, 0.05) is 0 Å². The predicted octanol–water partition coefficient (Wildman–Crippen LogP) is 4.91. The summed E-state index contributed by atoms with van der Waals surface area (Å²) in [4.78, 5) is 12.2. The average Bonchev–Trinajstić information content (AvgIpc) is 3.08. The molecular weight excluding hydrogens is 359 g/mol. The zero-order chi connectivity index (χ0) is 18.4. The van der Waals surface area contributed by atoms with Gasteiger partial charge in [0.2, 0.25) is 5.91 Å². The summed E-state index contributed by atoms with van der Waals surface area (Å²) in [6.45, 7) is 6.87. The van der Waals surface area contributed by atoms with Gasteiger partial charge in [-0.3, -0.25) is 4.79 Å². The maximum Gasteiger partial charge on any atom is 0.244 e. The molecule has 25 heavy (non-hydrogen) atoms. The van der Waals surface area contributed by atoms with Gasteiger partial charge in [0.25, 0.3) is 0 Å². The molecule has 1 amide bonds. The number of nitrogens with zero attached hydrogens (tertiary/aromatic N) is 1. The normalized spacial score (nSPS) is 21.0. The molecule has 0 aromatic heterocycles. The fourth-order valence-corrected chi connectivity index (χ4v) is 3.12. The van der Waals surface area contributed by atoms with Crippen molar-refractivity contribution >= 4 is 35.3 Å². The Hall–Kier alpha value is -1.52. The first kappa shape index (κ1) is 19.8. The molecule has 1 aliphatic rings. The first-order valence-corrected chi connectivity index (χ1v) is 9.20. The molecule has 0 saturated heterocycles. The van der Waals surface area contributed by atoms with Gasteiger partial charge in [-0.15, -0.1) is 0 Å². The summed E-state index contributed by atoms with van der Waals surface area (Å²) in [7, 11) is 0. The Morgan fingerprint density at radius 3 is 2.60 bits per heavy atom. The molecule has 0 unspecified atom stereocenters. The average molecular weight is 383 g/mol. The van der Waals surface area contributed by atoms with Crippen LogP contribution < -0.4 is 10.2 Å². The molecule has 2 atom stereocenters. The molecule has 1 aromatic rings. The van der Waals surface area contributed by atoms with Crippen LogP contribution >= 0.6 is 23.2 Å². The number of ether oxygens (including phenoxy) is 1. The molecule has 6 heteroatoms. The highest BCUT2D eigenvalue weighted by Gasteiger charge is 2.60. The summed E-state index contributed by atoms with van der Waals surface area (Å²) in [5.74, 6) is 0.567. The van der Waals surface area contributed by atoms with Crippen LogP contribution in [-0.4, -0.2) is 18.7 Å². The summed E-state index contributed by atoms with van der Waals surface area (Å²) in [5.41, 5.74) is 3.32. The highest BCUT2D eigenvalue weighted by Crippen LogP contribution is 2.59. The standard InChI is InChI=1S/C19H24Cl2N2O2/c1-4-5-10-25-14-8-6-13(7-9-14)12-22-23-18(24)17-15(11-16(20)21)19(17,2)3/h6-9,11-12,15,17H,4-5,10H2,1-3H3,(H,23,24)/b22-12-/t15-,17-/m1/s1. The monoisotopic (exact) mass is 382 g/mol. The Morgan fingerprint density at radius 1 is 1.32 bits per heavy atom. The highest BCUT2D eigenvalue weighted by atomic mass is 35.5. The van der Waals surface area contributed by atoms with Crippen LogP contribution in [0.1, 0.15) is 39.2 Å². The highest BCUT2D eigenvalue weighted by molar-refractivity contribution is 6.55. The molecule has 0 aliphatic heterocycles. The van der Waals surface area contributed by atoms with Gasteiger partial charge in [0.15, 0.2) is 0 Å². The fourth-order valence-electron chi connectivity index (χ4n) is 2.85. The van der Waals surface area contributed by atoms with Crippen LogP contribution in [0.4, 0.5) is 0 Å². The van der Waals surface area contributed by atoms with E-state index in [1.54, 1.807) is 12.3 Å². The van der Waals surface area contributed by atoms with Gasteiger partial charge in [0.05, 0.1) is 18.7 Å².